The largest absolute Gasteiger partial charge is 0.478 e. The monoisotopic (exact) mass is 192 g/mol. The lowest BCUT2D eigenvalue weighted by Crippen LogP contribution is -1.99. The van der Waals surface area contributed by atoms with Crippen LogP contribution < -0.4 is 4.74 Å². The first-order chi connectivity index (χ1) is 6.74. The lowest BCUT2D eigenvalue weighted by molar-refractivity contribution is -0.385. The van der Waals surface area contributed by atoms with Crippen molar-refractivity contribution in [3.8, 4) is 5.88 Å². The minimum Gasteiger partial charge on any atom is -0.478 e. The molecule has 1 aromatic rings. The van der Waals surface area contributed by atoms with Crippen LogP contribution in [-0.4, -0.2) is 24.4 Å². The van der Waals surface area contributed by atoms with Crippen LogP contribution in [0.1, 0.15) is 6.42 Å². The van der Waals surface area contributed by atoms with Gasteiger partial charge in [0.1, 0.15) is 6.20 Å². The summed E-state index contributed by atoms with van der Waals surface area (Å²) in [6.45, 7) is 0.474. The molecule has 0 N–H and O–H groups in total. The molecule has 2 radical (unpaired) electrons. The van der Waals surface area contributed by atoms with E-state index >= 15 is 0 Å². The summed E-state index contributed by atoms with van der Waals surface area (Å²) in [6, 6.07) is 2.82. The SMILES string of the molecule is [B]CCCOc1ccc([N+](=O)[O-])cn1. The summed E-state index contributed by atoms with van der Waals surface area (Å²) < 4.78 is 5.17. The third-order valence-electron chi connectivity index (χ3n) is 1.53. The molecule has 0 amide bonds. The third-order valence-corrected chi connectivity index (χ3v) is 1.53. The molecule has 0 aliphatic carbocycles. The molecule has 1 aromatic heterocycles. The predicted molar refractivity (Wildman–Crippen MR) is 51.6 cm³/mol. The smallest absolute Gasteiger partial charge is 0.287 e. The summed E-state index contributed by atoms with van der Waals surface area (Å²) >= 11 is 0. The first-order valence-electron chi connectivity index (χ1n) is 4.17. The Hall–Kier alpha value is -1.59. The Morgan fingerprint density at radius 1 is 1.57 bits per heavy atom. The highest BCUT2D eigenvalue weighted by atomic mass is 16.6. The standard InChI is InChI=1S/C8H9BN2O3/c9-4-1-5-14-8-3-2-7(6-10-8)11(12)13/h2-3,6H,1,4-5H2. The molecular formula is C8H9BN2O3. The van der Waals surface area contributed by atoms with Gasteiger partial charge in [0, 0.05) is 12.1 Å². The Morgan fingerprint density at radius 3 is 2.86 bits per heavy atom. The summed E-state index contributed by atoms with van der Waals surface area (Å²) in [5, 5.41) is 10.3. The van der Waals surface area contributed by atoms with E-state index in [1.807, 2.05) is 0 Å². The van der Waals surface area contributed by atoms with E-state index in [-0.39, 0.29) is 5.69 Å². The van der Waals surface area contributed by atoms with Crippen LogP contribution in [0, 0.1) is 10.1 Å². The zero-order valence-electron chi connectivity index (χ0n) is 7.55. The Bertz CT molecular complexity index is 302. The van der Waals surface area contributed by atoms with Gasteiger partial charge < -0.3 is 4.74 Å². The molecule has 0 aliphatic heterocycles. The molecule has 14 heavy (non-hydrogen) atoms. The summed E-state index contributed by atoms with van der Waals surface area (Å²) in [6.07, 6.45) is 2.45. The van der Waals surface area contributed by atoms with Crippen LogP contribution in [0.2, 0.25) is 6.32 Å². The summed E-state index contributed by atoms with van der Waals surface area (Å²) in [4.78, 5) is 13.5. The second-order valence-corrected chi connectivity index (χ2v) is 2.60. The molecule has 1 rings (SSSR count). The maximum Gasteiger partial charge on any atom is 0.287 e. The molecule has 0 aromatic carbocycles. The number of ether oxygens (including phenoxy) is 1. The topological polar surface area (TPSA) is 65.3 Å². The molecule has 0 spiro atoms. The third kappa shape index (κ3) is 3.04. The highest BCUT2D eigenvalue weighted by Crippen LogP contribution is 2.13. The van der Waals surface area contributed by atoms with Gasteiger partial charge in [-0.3, -0.25) is 10.1 Å². The van der Waals surface area contributed by atoms with Crippen molar-refractivity contribution in [2.75, 3.05) is 6.61 Å². The van der Waals surface area contributed by atoms with Gasteiger partial charge in [-0.15, -0.1) is 0 Å². The van der Waals surface area contributed by atoms with Gasteiger partial charge in [-0.1, -0.05) is 6.32 Å². The molecule has 5 nitrogen and oxygen atoms in total. The van der Waals surface area contributed by atoms with E-state index in [9.17, 15) is 10.1 Å². The van der Waals surface area contributed by atoms with Gasteiger partial charge >= 0.3 is 0 Å². The fraction of sp³-hybridized carbons (Fsp3) is 0.375. The van der Waals surface area contributed by atoms with Gasteiger partial charge in [0.15, 0.2) is 0 Å². The summed E-state index contributed by atoms with van der Waals surface area (Å²) in [7, 11) is 5.27. The Kier molecular flexibility index (Phi) is 3.91. The molecule has 6 heteroatoms. The van der Waals surface area contributed by atoms with Gasteiger partial charge in [-0.25, -0.2) is 4.98 Å². The second-order valence-electron chi connectivity index (χ2n) is 2.60. The molecule has 0 saturated carbocycles. The zero-order valence-corrected chi connectivity index (χ0v) is 7.55. The number of nitro groups is 1. The van der Waals surface area contributed by atoms with Gasteiger partial charge in [0.2, 0.25) is 5.88 Å². The van der Waals surface area contributed by atoms with Crippen molar-refractivity contribution in [2.24, 2.45) is 0 Å². The van der Waals surface area contributed by atoms with Crippen molar-refractivity contribution >= 4 is 13.5 Å². The summed E-state index contributed by atoms with van der Waals surface area (Å²) in [5.41, 5.74) is -0.0452. The van der Waals surface area contributed by atoms with Crippen LogP contribution >= 0.6 is 0 Å². The maximum atomic E-state index is 10.3. The molecule has 0 aliphatic rings. The van der Waals surface area contributed by atoms with Crippen LogP contribution in [0.5, 0.6) is 5.88 Å². The van der Waals surface area contributed by atoms with Crippen LogP contribution in [0.15, 0.2) is 18.3 Å². The van der Waals surface area contributed by atoms with Gasteiger partial charge in [-0.2, -0.15) is 0 Å². The Labute approximate surface area is 82.7 Å². The average molecular weight is 192 g/mol. The van der Waals surface area contributed by atoms with E-state index in [1.165, 1.54) is 12.1 Å². The van der Waals surface area contributed by atoms with Crippen molar-refractivity contribution in [3.63, 3.8) is 0 Å². The zero-order chi connectivity index (χ0) is 10.4. The molecule has 72 valence electrons. The first kappa shape index (κ1) is 10.5. The molecule has 0 saturated heterocycles. The average Bonchev–Trinajstić information content (AvgIpc) is 2.19. The highest BCUT2D eigenvalue weighted by Gasteiger charge is 2.04. The molecule has 0 atom stereocenters. The van der Waals surface area contributed by atoms with Gasteiger partial charge in [0.25, 0.3) is 5.69 Å². The van der Waals surface area contributed by atoms with Crippen LogP contribution in [-0.2, 0) is 0 Å². The van der Waals surface area contributed by atoms with Crippen LogP contribution in [0.4, 0.5) is 5.69 Å². The molecule has 0 fully saturated rings. The second kappa shape index (κ2) is 5.21. The Balaban J connectivity index is 2.51. The molecule has 1 heterocycles. The van der Waals surface area contributed by atoms with Crippen LogP contribution in [0.3, 0.4) is 0 Å². The molecular weight excluding hydrogens is 183 g/mol. The lowest BCUT2D eigenvalue weighted by atomic mass is 10.0. The first-order valence-corrected chi connectivity index (χ1v) is 4.17. The van der Waals surface area contributed by atoms with E-state index in [2.05, 4.69) is 4.98 Å². The number of pyridine rings is 1. The van der Waals surface area contributed by atoms with Crippen molar-refractivity contribution < 1.29 is 9.66 Å². The number of hydrogen-bond acceptors (Lipinski definition) is 4. The van der Waals surface area contributed by atoms with Crippen molar-refractivity contribution in [1.29, 1.82) is 0 Å². The van der Waals surface area contributed by atoms with E-state index in [0.717, 1.165) is 12.6 Å². The number of hydrogen-bond donors (Lipinski definition) is 0. The number of rotatable bonds is 5. The number of aromatic nitrogens is 1. The fourth-order valence-electron chi connectivity index (χ4n) is 0.826. The van der Waals surface area contributed by atoms with E-state index in [0.29, 0.717) is 18.8 Å². The quantitative estimate of drug-likeness (QED) is 0.305. The fourth-order valence-corrected chi connectivity index (χ4v) is 0.826. The van der Waals surface area contributed by atoms with Gasteiger partial charge in [-0.05, 0) is 6.42 Å². The molecule has 0 unspecified atom stereocenters. The normalized spacial score (nSPS) is 9.71. The summed E-state index contributed by atoms with van der Waals surface area (Å²) in [5.74, 6) is 0.379. The van der Waals surface area contributed by atoms with Crippen molar-refractivity contribution in [2.45, 2.75) is 12.7 Å². The van der Waals surface area contributed by atoms with Crippen LogP contribution in [0.25, 0.3) is 0 Å². The van der Waals surface area contributed by atoms with E-state index in [4.69, 9.17) is 12.6 Å². The Morgan fingerprint density at radius 2 is 2.36 bits per heavy atom. The van der Waals surface area contributed by atoms with Gasteiger partial charge in [0.05, 0.1) is 19.4 Å². The maximum absolute atomic E-state index is 10.3. The highest BCUT2D eigenvalue weighted by molar-refractivity contribution is 6.08. The minimum atomic E-state index is -0.503. The van der Waals surface area contributed by atoms with E-state index in [1.54, 1.807) is 0 Å². The molecule has 0 bridgehead atoms. The minimum absolute atomic E-state index is 0.0452. The van der Waals surface area contributed by atoms with E-state index < -0.39 is 4.92 Å². The predicted octanol–water partition coefficient (Wildman–Crippen LogP) is 1.35. The lowest BCUT2D eigenvalue weighted by Gasteiger charge is -2.02. The van der Waals surface area contributed by atoms with Crippen molar-refractivity contribution in [3.05, 3.63) is 28.4 Å². The number of nitrogens with zero attached hydrogens (tertiary/aromatic N) is 2. The van der Waals surface area contributed by atoms with Crippen molar-refractivity contribution in [1.82, 2.24) is 4.98 Å².